The van der Waals surface area contributed by atoms with Crippen molar-refractivity contribution in [3.63, 3.8) is 0 Å². The number of benzene rings is 1. The molecule has 2 heterocycles. The highest BCUT2D eigenvalue weighted by molar-refractivity contribution is 6.30. The molecule has 2 aromatic heterocycles. The highest BCUT2D eigenvalue weighted by Gasteiger charge is 2.11. The van der Waals surface area contributed by atoms with Crippen LogP contribution in [0.25, 0.3) is 0 Å². The largest absolute Gasteiger partial charge is 0.485 e. The van der Waals surface area contributed by atoms with Crippen molar-refractivity contribution in [2.75, 3.05) is 6.54 Å². The van der Waals surface area contributed by atoms with Crippen LogP contribution < -0.4 is 10.1 Å². The first kappa shape index (κ1) is 19.0. The first-order valence-electron chi connectivity index (χ1n) is 8.77. The van der Waals surface area contributed by atoms with Gasteiger partial charge >= 0.3 is 0 Å². The molecule has 3 rings (SSSR count). The Morgan fingerprint density at radius 1 is 1.26 bits per heavy atom. The number of halogens is 1. The first-order chi connectivity index (χ1) is 13.0. The van der Waals surface area contributed by atoms with E-state index in [1.165, 1.54) is 0 Å². The maximum atomic E-state index is 12.2. The predicted octanol–water partition coefficient (Wildman–Crippen LogP) is 4.15. The summed E-state index contributed by atoms with van der Waals surface area (Å²) >= 11 is 5.94. The molecule has 142 valence electrons. The van der Waals surface area contributed by atoms with Gasteiger partial charge in [0.1, 0.15) is 18.1 Å². The molecule has 0 aliphatic rings. The lowest BCUT2D eigenvalue weighted by molar-refractivity contribution is 0.0920. The Kier molecular flexibility index (Phi) is 6.19. The van der Waals surface area contributed by atoms with Crippen molar-refractivity contribution in [2.45, 2.75) is 33.4 Å². The lowest BCUT2D eigenvalue weighted by atomic mass is 10.2. The number of nitrogens with zero attached hydrogens (tertiary/aromatic N) is 2. The first-order valence-corrected chi connectivity index (χ1v) is 9.15. The van der Waals surface area contributed by atoms with Crippen molar-refractivity contribution in [1.82, 2.24) is 15.1 Å². The molecule has 0 aliphatic carbocycles. The lowest BCUT2D eigenvalue weighted by Gasteiger charge is -2.07. The van der Waals surface area contributed by atoms with Crippen LogP contribution in [0.15, 0.2) is 47.0 Å². The third-order valence-electron chi connectivity index (χ3n) is 4.02. The van der Waals surface area contributed by atoms with Crippen LogP contribution >= 0.6 is 11.6 Å². The summed E-state index contributed by atoms with van der Waals surface area (Å²) in [7, 11) is 0. The predicted molar refractivity (Wildman–Crippen MR) is 103 cm³/mol. The number of carbonyl (C=O) groups is 1. The van der Waals surface area contributed by atoms with Crippen molar-refractivity contribution in [1.29, 1.82) is 0 Å². The van der Waals surface area contributed by atoms with Gasteiger partial charge in [-0.15, -0.1) is 0 Å². The van der Waals surface area contributed by atoms with Gasteiger partial charge in [-0.25, -0.2) is 0 Å². The van der Waals surface area contributed by atoms with Gasteiger partial charge in [0.25, 0.3) is 5.91 Å². The summed E-state index contributed by atoms with van der Waals surface area (Å²) in [5.74, 6) is 1.36. The molecule has 7 heteroatoms. The van der Waals surface area contributed by atoms with Crippen molar-refractivity contribution in [3.05, 3.63) is 70.4 Å². The smallest absolute Gasteiger partial charge is 0.286 e. The van der Waals surface area contributed by atoms with Gasteiger partial charge < -0.3 is 14.5 Å². The average molecular weight is 388 g/mol. The zero-order valence-corrected chi connectivity index (χ0v) is 16.1. The monoisotopic (exact) mass is 387 g/mol. The van der Waals surface area contributed by atoms with Gasteiger partial charge in [0.15, 0.2) is 5.76 Å². The number of hydrogen-bond acceptors (Lipinski definition) is 4. The Labute approximate surface area is 163 Å². The highest BCUT2D eigenvalue weighted by atomic mass is 35.5. The number of nitrogens with one attached hydrogen (secondary N) is 1. The Balaban J connectivity index is 1.44. The minimum atomic E-state index is -0.236. The minimum absolute atomic E-state index is 0.236. The Hall–Kier alpha value is -2.73. The van der Waals surface area contributed by atoms with E-state index in [1.807, 2.05) is 42.9 Å². The molecule has 1 aromatic carbocycles. The van der Waals surface area contributed by atoms with Gasteiger partial charge in [-0.3, -0.25) is 9.48 Å². The molecule has 0 aliphatic heterocycles. The zero-order valence-electron chi connectivity index (χ0n) is 15.4. The molecule has 0 atom stereocenters. The van der Waals surface area contributed by atoms with Crippen molar-refractivity contribution < 1.29 is 13.9 Å². The van der Waals surface area contributed by atoms with Crippen LogP contribution in [0, 0.1) is 13.8 Å². The van der Waals surface area contributed by atoms with Crippen molar-refractivity contribution >= 4 is 17.5 Å². The van der Waals surface area contributed by atoms with E-state index in [0.717, 1.165) is 30.0 Å². The van der Waals surface area contributed by atoms with Crippen molar-refractivity contribution in [3.8, 4) is 5.75 Å². The molecular formula is C20H22ClN3O3. The molecule has 0 bridgehead atoms. The van der Waals surface area contributed by atoms with Crippen molar-refractivity contribution in [2.24, 2.45) is 0 Å². The van der Waals surface area contributed by atoms with E-state index in [2.05, 4.69) is 10.4 Å². The van der Waals surface area contributed by atoms with Crippen LogP contribution in [0.5, 0.6) is 5.75 Å². The third-order valence-corrected chi connectivity index (χ3v) is 4.25. The van der Waals surface area contributed by atoms with E-state index in [9.17, 15) is 4.79 Å². The fourth-order valence-electron chi connectivity index (χ4n) is 2.62. The second kappa shape index (κ2) is 8.77. The Bertz CT molecular complexity index is 917. The molecule has 0 unspecified atom stereocenters. The van der Waals surface area contributed by atoms with Gasteiger partial charge in [-0.2, -0.15) is 5.10 Å². The van der Waals surface area contributed by atoms with E-state index >= 15 is 0 Å². The molecule has 0 fully saturated rings. The number of furan rings is 1. The summed E-state index contributed by atoms with van der Waals surface area (Å²) in [5, 5.41) is 7.82. The van der Waals surface area contributed by atoms with E-state index in [0.29, 0.717) is 17.3 Å². The molecule has 1 N–H and O–H groups in total. The topological polar surface area (TPSA) is 69.3 Å². The van der Waals surface area contributed by atoms with Gasteiger partial charge in [0.2, 0.25) is 0 Å². The van der Waals surface area contributed by atoms with E-state index < -0.39 is 0 Å². The standard InChI is InChI=1S/C20H22ClN3O3/c1-14-12-16(21)4-6-18(14)26-13-17-5-7-19(27-17)20(25)22-9-3-10-24-11-8-15(2)23-24/h4-8,11-12H,3,9-10,13H2,1-2H3,(H,22,25). The molecule has 27 heavy (non-hydrogen) atoms. The molecule has 1 amide bonds. The molecule has 3 aromatic rings. The van der Waals surface area contributed by atoms with Gasteiger partial charge in [-0.05, 0) is 62.2 Å². The number of aromatic nitrogens is 2. The molecule has 0 spiro atoms. The zero-order chi connectivity index (χ0) is 19.2. The summed E-state index contributed by atoms with van der Waals surface area (Å²) in [6.45, 7) is 5.42. The number of carbonyl (C=O) groups excluding carboxylic acids is 1. The SMILES string of the molecule is Cc1ccn(CCCNC(=O)c2ccc(COc3ccc(Cl)cc3C)o2)n1. The normalized spacial score (nSPS) is 10.8. The van der Waals surface area contributed by atoms with Gasteiger partial charge in [-0.1, -0.05) is 11.6 Å². The Morgan fingerprint density at radius 3 is 2.85 bits per heavy atom. The summed E-state index contributed by atoms with van der Waals surface area (Å²) in [4.78, 5) is 12.2. The van der Waals surface area contributed by atoms with Crippen LogP contribution in [0.3, 0.4) is 0 Å². The van der Waals surface area contributed by atoms with Crippen LogP contribution in [-0.2, 0) is 13.2 Å². The third kappa shape index (κ3) is 5.37. The summed E-state index contributed by atoms with van der Waals surface area (Å²) in [6, 6.07) is 10.8. The van der Waals surface area contributed by atoms with Crippen LogP contribution in [-0.4, -0.2) is 22.2 Å². The van der Waals surface area contributed by atoms with Crippen LogP contribution in [0.2, 0.25) is 5.02 Å². The number of ether oxygens (including phenoxy) is 1. The quantitative estimate of drug-likeness (QED) is 0.589. The number of hydrogen-bond donors (Lipinski definition) is 1. The van der Waals surface area contributed by atoms with E-state index in [4.69, 9.17) is 20.8 Å². The maximum Gasteiger partial charge on any atom is 0.286 e. The van der Waals surface area contributed by atoms with E-state index in [1.54, 1.807) is 18.2 Å². The second-order valence-electron chi connectivity index (χ2n) is 6.29. The number of amides is 1. The van der Waals surface area contributed by atoms with Gasteiger partial charge in [0, 0.05) is 24.3 Å². The number of aryl methyl sites for hydroxylation is 3. The summed E-state index contributed by atoms with van der Waals surface area (Å²) in [6.07, 6.45) is 2.72. The second-order valence-corrected chi connectivity index (χ2v) is 6.73. The minimum Gasteiger partial charge on any atom is -0.485 e. The molecule has 0 saturated carbocycles. The molecular weight excluding hydrogens is 366 g/mol. The average Bonchev–Trinajstić information content (AvgIpc) is 3.27. The van der Waals surface area contributed by atoms with E-state index in [-0.39, 0.29) is 18.3 Å². The summed E-state index contributed by atoms with van der Waals surface area (Å²) < 4.78 is 13.2. The fraction of sp³-hybridized carbons (Fsp3) is 0.300. The summed E-state index contributed by atoms with van der Waals surface area (Å²) in [5.41, 5.74) is 1.93. The van der Waals surface area contributed by atoms with Crippen LogP contribution in [0.4, 0.5) is 0 Å². The Morgan fingerprint density at radius 2 is 2.11 bits per heavy atom. The molecule has 0 saturated heterocycles. The fourth-order valence-corrected chi connectivity index (χ4v) is 2.85. The lowest BCUT2D eigenvalue weighted by Crippen LogP contribution is -2.24. The molecule has 0 radical (unpaired) electrons. The van der Waals surface area contributed by atoms with Gasteiger partial charge in [0.05, 0.1) is 5.69 Å². The number of rotatable bonds is 8. The highest BCUT2D eigenvalue weighted by Crippen LogP contribution is 2.23. The maximum absolute atomic E-state index is 12.2. The van der Waals surface area contributed by atoms with Crippen LogP contribution in [0.1, 0.15) is 34.0 Å². The molecule has 6 nitrogen and oxygen atoms in total.